The van der Waals surface area contributed by atoms with Crippen molar-refractivity contribution in [1.29, 1.82) is 0 Å². The predicted molar refractivity (Wildman–Crippen MR) is 168 cm³/mol. The molecule has 2 aliphatic heterocycles. The number of aliphatic imine (C=N–C) groups is 1. The zero-order chi connectivity index (χ0) is 31.7. The molecule has 45 heavy (non-hydrogen) atoms. The van der Waals surface area contributed by atoms with Gasteiger partial charge in [0, 0.05) is 43.0 Å². The zero-order valence-electron chi connectivity index (χ0n) is 24.8. The number of carbonyl (C=O) groups is 1. The number of azide groups is 1. The molecule has 12 nitrogen and oxygen atoms in total. The highest BCUT2D eigenvalue weighted by Crippen LogP contribution is 2.44. The maximum Gasteiger partial charge on any atom is 0.266 e. The largest absolute Gasteiger partial charge is 0.494 e. The van der Waals surface area contributed by atoms with Crippen molar-refractivity contribution >= 4 is 21.6 Å². The summed E-state index contributed by atoms with van der Waals surface area (Å²) in [6, 6.07) is 22.3. The Morgan fingerprint density at radius 1 is 1.09 bits per heavy atom. The Bertz CT molecular complexity index is 1650. The van der Waals surface area contributed by atoms with Gasteiger partial charge >= 0.3 is 0 Å². The Hall–Kier alpha value is -4.42. The molecule has 0 bridgehead atoms. The first-order valence-electron chi connectivity index (χ1n) is 14.9. The number of hydrogen-bond acceptors (Lipinski definition) is 9. The van der Waals surface area contributed by atoms with E-state index in [1.165, 1.54) is 12.1 Å². The standard InChI is InChI=1S/C32H36N6O6S/c33-37-34-23-25-9-4-5-12-28(25)29-32(31(40)36-38-18-6-7-19-38,17-22-45(41,42)27-10-2-1-3-11-27)35-30(44-29)24-13-15-26(16-14-24)43-21-8-20-39/h1-5,9-16,29,39H,6-8,17-23H2,(H,36,40)/t29-,32-/m0/s1. The molecule has 1 amide bonds. The van der Waals surface area contributed by atoms with E-state index < -0.39 is 27.4 Å². The van der Waals surface area contributed by atoms with Crippen molar-refractivity contribution in [3.05, 3.63) is 106 Å². The maximum absolute atomic E-state index is 14.4. The molecule has 3 aromatic rings. The van der Waals surface area contributed by atoms with Gasteiger partial charge in [-0.3, -0.25) is 10.2 Å². The molecule has 1 fully saturated rings. The molecule has 0 radical (unpaired) electrons. The van der Waals surface area contributed by atoms with Crippen molar-refractivity contribution in [3.63, 3.8) is 0 Å². The van der Waals surface area contributed by atoms with Gasteiger partial charge in [0.05, 0.1) is 23.8 Å². The van der Waals surface area contributed by atoms with Crippen LogP contribution in [0.15, 0.2) is 93.9 Å². The number of rotatable bonds is 14. The number of amides is 1. The van der Waals surface area contributed by atoms with Crippen LogP contribution in [-0.4, -0.2) is 67.9 Å². The Morgan fingerprint density at radius 3 is 2.51 bits per heavy atom. The van der Waals surface area contributed by atoms with Crippen LogP contribution < -0.4 is 10.2 Å². The SMILES string of the molecule is [N-]=[N+]=NCc1ccccc1[C@@H]1OC(c2ccc(OCCCO)cc2)=N[C@]1(CCS(=O)(=O)c1ccccc1)C(=O)NN1CCCC1. The van der Waals surface area contributed by atoms with Crippen molar-refractivity contribution in [2.75, 3.05) is 32.1 Å². The van der Waals surface area contributed by atoms with E-state index in [9.17, 15) is 13.2 Å². The molecule has 0 aromatic heterocycles. The van der Waals surface area contributed by atoms with E-state index in [0.717, 1.165) is 12.8 Å². The summed E-state index contributed by atoms with van der Waals surface area (Å²) in [5.74, 6) is -0.0736. The summed E-state index contributed by atoms with van der Waals surface area (Å²) in [5, 5.41) is 14.6. The molecule has 2 aliphatic rings. The van der Waals surface area contributed by atoms with E-state index in [4.69, 9.17) is 25.1 Å². The molecule has 13 heteroatoms. The molecule has 0 aliphatic carbocycles. The lowest BCUT2D eigenvalue weighted by Crippen LogP contribution is -2.54. The number of sulfone groups is 1. The Labute approximate surface area is 262 Å². The van der Waals surface area contributed by atoms with Gasteiger partial charge in [-0.2, -0.15) is 0 Å². The predicted octanol–water partition coefficient (Wildman–Crippen LogP) is 4.51. The highest BCUT2D eigenvalue weighted by Gasteiger charge is 2.54. The lowest BCUT2D eigenvalue weighted by atomic mass is 9.83. The quantitative estimate of drug-likeness (QED) is 0.114. The van der Waals surface area contributed by atoms with Gasteiger partial charge < -0.3 is 14.6 Å². The highest BCUT2D eigenvalue weighted by atomic mass is 32.2. The molecular formula is C32H36N6O6S. The third-order valence-electron chi connectivity index (χ3n) is 7.89. The van der Waals surface area contributed by atoms with Crippen molar-refractivity contribution in [3.8, 4) is 5.75 Å². The first kappa shape index (κ1) is 32.0. The monoisotopic (exact) mass is 632 g/mol. The minimum absolute atomic E-state index is 0.00782. The molecule has 0 unspecified atom stereocenters. The van der Waals surface area contributed by atoms with Crippen LogP contribution in [0.25, 0.3) is 10.4 Å². The normalized spacial score (nSPS) is 19.8. The second kappa shape index (κ2) is 14.6. The van der Waals surface area contributed by atoms with E-state index in [0.29, 0.717) is 48.6 Å². The molecule has 2 atom stereocenters. The third-order valence-corrected chi connectivity index (χ3v) is 9.62. The number of hydrazine groups is 1. The molecule has 5 rings (SSSR count). The minimum Gasteiger partial charge on any atom is -0.494 e. The van der Waals surface area contributed by atoms with Crippen molar-refractivity contribution in [2.24, 2.45) is 10.1 Å². The fraction of sp³-hybridized carbons (Fsp3) is 0.375. The minimum atomic E-state index is -3.79. The van der Waals surface area contributed by atoms with Crippen molar-refractivity contribution < 1.29 is 27.8 Å². The summed E-state index contributed by atoms with van der Waals surface area (Å²) in [4.78, 5) is 22.4. The van der Waals surface area contributed by atoms with Crippen LogP contribution in [0, 0.1) is 0 Å². The summed E-state index contributed by atoms with van der Waals surface area (Å²) in [6.07, 6.45) is 1.15. The van der Waals surface area contributed by atoms with Gasteiger partial charge in [-0.05, 0) is 65.9 Å². The smallest absolute Gasteiger partial charge is 0.266 e. The van der Waals surface area contributed by atoms with Crippen LogP contribution in [0.5, 0.6) is 5.75 Å². The number of nitrogens with one attached hydrogen (secondary N) is 1. The molecule has 2 heterocycles. The number of hydrogen-bond donors (Lipinski definition) is 2. The van der Waals surface area contributed by atoms with Gasteiger partial charge in [0.1, 0.15) is 5.75 Å². The van der Waals surface area contributed by atoms with Gasteiger partial charge in [-0.1, -0.05) is 47.6 Å². The third kappa shape index (κ3) is 7.46. The van der Waals surface area contributed by atoms with E-state index in [1.54, 1.807) is 66.7 Å². The fourth-order valence-electron chi connectivity index (χ4n) is 5.49. The Balaban J connectivity index is 1.59. The van der Waals surface area contributed by atoms with Gasteiger partial charge in [0.2, 0.25) is 5.90 Å². The van der Waals surface area contributed by atoms with Crippen LogP contribution >= 0.6 is 0 Å². The van der Waals surface area contributed by atoms with E-state index in [1.807, 2.05) is 5.01 Å². The van der Waals surface area contributed by atoms with Gasteiger partial charge in [-0.15, -0.1) is 0 Å². The second-order valence-corrected chi connectivity index (χ2v) is 13.0. The lowest BCUT2D eigenvalue weighted by Gasteiger charge is -2.33. The van der Waals surface area contributed by atoms with Crippen LogP contribution in [0.1, 0.15) is 48.5 Å². The molecule has 3 aromatic carbocycles. The van der Waals surface area contributed by atoms with E-state index in [2.05, 4.69) is 15.5 Å². The molecule has 236 valence electrons. The molecule has 1 saturated heterocycles. The molecular weight excluding hydrogens is 596 g/mol. The summed E-state index contributed by atoms with van der Waals surface area (Å²) >= 11 is 0. The number of aliphatic hydroxyl groups excluding tert-OH is 1. The number of ether oxygens (including phenoxy) is 2. The number of nitrogens with zero attached hydrogens (tertiary/aromatic N) is 5. The first-order valence-corrected chi connectivity index (χ1v) is 16.5. The molecule has 0 saturated carbocycles. The lowest BCUT2D eigenvalue weighted by molar-refractivity contribution is -0.133. The summed E-state index contributed by atoms with van der Waals surface area (Å²) < 4.78 is 39.3. The molecule has 0 spiro atoms. The maximum atomic E-state index is 14.4. The van der Waals surface area contributed by atoms with Crippen LogP contribution in [0.4, 0.5) is 0 Å². The summed E-state index contributed by atoms with van der Waals surface area (Å²) in [5.41, 5.74) is 12.1. The molecule has 2 N–H and O–H groups in total. The average molecular weight is 633 g/mol. The zero-order valence-corrected chi connectivity index (χ0v) is 25.6. The topological polar surface area (TPSA) is 166 Å². The van der Waals surface area contributed by atoms with Crippen LogP contribution in [0.2, 0.25) is 0 Å². The van der Waals surface area contributed by atoms with Gasteiger partial charge in [0.25, 0.3) is 5.91 Å². The van der Waals surface area contributed by atoms with E-state index in [-0.39, 0.29) is 36.1 Å². The fourth-order valence-corrected chi connectivity index (χ4v) is 6.88. The average Bonchev–Trinajstić information content (AvgIpc) is 3.73. The summed E-state index contributed by atoms with van der Waals surface area (Å²) in [6.45, 7) is 1.71. The van der Waals surface area contributed by atoms with Gasteiger partial charge in [-0.25, -0.2) is 18.4 Å². The van der Waals surface area contributed by atoms with Crippen molar-refractivity contribution in [2.45, 2.75) is 48.8 Å². The number of carbonyl (C=O) groups excluding carboxylic acids is 1. The number of aliphatic hydroxyl groups is 1. The summed E-state index contributed by atoms with van der Waals surface area (Å²) in [7, 11) is -3.79. The van der Waals surface area contributed by atoms with Crippen LogP contribution in [-0.2, 0) is 25.9 Å². The van der Waals surface area contributed by atoms with Crippen molar-refractivity contribution in [1.82, 2.24) is 10.4 Å². The van der Waals surface area contributed by atoms with Crippen LogP contribution in [0.3, 0.4) is 0 Å². The first-order chi connectivity index (χ1) is 21.9. The Morgan fingerprint density at radius 2 is 1.80 bits per heavy atom. The second-order valence-electron chi connectivity index (χ2n) is 10.9. The highest BCUT2D eigenvalue weighted by molar-refractivity contribution is 7.91. The van der Waals surface area contributed by atoms with Gasteiger partial charge in [0.15, 0.2) is 21.5 Å². The Kier molecular flexibility index (Phi) is 10.4. The van der Waals surface area contributed by atoms with E-state index >= 15 is 0 Å². The number of benzene rings is 3.